The van der Waals surface area contributed by atoms with E-state index in [2.05, 4.69) is 14.8 Å². The lowest BCUT2D eigenvalue weighted by Crippen LogP contribution is -2.52. The lowest BCUT2D eigenvalue weighted by Gasteiger charge is -2.34. The van der Waals surface area contributed by atoms with Crippen LogP contribution in [0.3, 0.4) is 0 Å². The number of fused-ring (bicyclic) bond motifs is 1. The van der Waals surface area contributed by atoms with Gasteiger partial charge in [-0.15, -0.1) is 0 Å². The van der Waals surface area contributed by atoms with Crippen LogP contribution in [-0.4, -0.2) is 65.4 Å². The summed E-state index contributed by atoms with van der Waals surface area (Å²) in [5, 5.41) is 3.94. The van der Waals surface area contributed by atoms with Crippen molar-refractivity contribution in [3.8, 4) is 0 Å². The highest BCUT2D eigenvalue weighted by Crippen LogP contribution is 2.25. The number of aryl methyl sites for hydroxylation is 1. The van der Waals surface area contributed by atoms with Gasteiger partial charge in [0.25, 0.3) is 0 Å². The van der Waals surface area contributed by atoms with Crippen molar-refractivity contribution in [3.05, 3.63) is 35.5 Å². The molecular weight excluding hydrogens is 328 g/mol. The Morgan fingerprint density at radius 1 is 1.12 bits per heavy atom. The minimum atomic E-state index is 0.00252. The number of para-hydroxylation sites is 1. The van der Waals surface area contributed by atoms with Crippen molar-refractivity contribution in [2.45, 2.75) is 20.3 Å². The molecule has 2 amide bonds. The van der Waals surface area contributed by atoms with Crippen LogP contribution in [0.25, 0.3) is 10.9 Å². The fraction of sp³-hybridized carbons (Fsp3) is 0.500. The lowest BCUT2D eigenvalue weighted by molar-refractivity contribution is 0.0879. The Balaban J connectivity index is 1.64. The minimum absolute atomic E-state index is 0.00252. The van der Waals surface area contributed by atoms with E-state index in [0.29, 0.717) is 26.2 Å². The van der Waals surface area contributed by atoms with Gasteiger partial charge in [0.05, 0.1) is 6.54 Å². The molecule has 1 N–H and O–H groups in total. The molecule has 0 unspecified atom stereocenters. The van der Waals surface area contributed by atoms with E-state index in [1.165, 1.54) is 0 Å². The highest BCUT2D eigenvalue weighted by molar-refractivity contribution is 6.10. The van der Waals surface area contributed by atoms with E-state index < -0.39 is 0 Å². The molecule has 6 nitrogen and oxygen atoms in total. The molecule has 1 fully saturated rings. The molecule has 1 aliphatic rings. The number of hydrogen-bond donors (Lipinski definition) is 1. The van der Waals surface area contributed by atoms with Gasteiger partial charge in [0.1, 0.15) is 0 Å². The summed E-state index contributed by atoms with van der Waals surface area (Å²) in [6.45, 7) is 7.94. The van der Waals surface area contributed by atoms with Crippen molar-refractivity contribution in [1.82, 2.24) is 19.7 Å². The second-order valence-corrected chi connectivity index (χ2v) is 6.95. The summed E-state index contributed by atoms with van der Waals surface area (Å²) in [4.78, 5) is 29.0. The number of rotatable bonds is 5. The predicted octanol–water partition coefficient (Wildman–Crippen LogP) is 2.41. The minimum Gasteiger partial charge on any atom is -0.347 e. The Morgan fingerprint density at radius 3 is 2.50 bits per heavy atom. The number of nitrogens with zero attached hydrogens (tertiary/aromatic N) is 3. The molecule has 0 bridgehead atoms. The van der Waals surface area contributed by atoms with E-state index in [1.54, 1.807) is 0 Å². The van der Waals surface area contributed by atoms with Gasteiger partial charge >= 0.3 is 6.03 Å². The van der Waals surface area contributed by atoms with Gasteiger partial charge < -0.3 is 14.8 Å². The summed E-state index contributed by atoms with van der Waals surface area (Å²) in [6, 6.07) is 8.05. The molecule has 26 heavy (non-hydrogen) atoms. The third-order valence-corrected chi connectivity index (χ3v) is 5.23. The van der Waals surface area contributed by atoms with E-state index >= 15 is 0 Å². The van der Waals surface area contributed by atoms with Crippen molar-refractivity contribution in [1.29, 1.82) is 0 Å². The van der Waals surface area contributed by atoms with Crippen LogP contribution in [0.4, 0.5) is 4.79 Å². The SMILES string of the molecule is CCCNC(=O)N1CCN(CC(=O)c2c(C)n(C)c3ccccc23)CC1. The zero-order chi connectivity index (χ0) is 18.7. The average Bonchev–Trinajstić information content (AvgIpc) is 2.91. The number of benzene rings is 1. The molecule has 2 aromatic rings. The Bertz CT molecular complexity index is 803. The standard InChI is InChI=1S/C20H28N4O2/c1-4-9-21-20(26)24-12-10-23(11-13-24)14-18(25)19-15(2)22(3)17-8-6-5-7-16(17)19/h5-8H,4,9-14H2,1-3H3,(H,21,26). The molecule has 0 radical (unpaired) electrons. The van der Waals surface area contributed by atoms with Gasteiger partial charge in [-0.05, 0) is 19.4 Å². The van der Waals surface area contributed by atoms with Gasteiger partial charge in [-0.1, -0.05) is 25.1 Å². The molecule has 3 rings (SSSR count). The summed E-state index contributed by atoms with van der Waals surface area (Å²) in [6.07, 6.45) is 0.935. The molecule has 0 spiro atoms. The average molecular weight is 356 g/mol. The van der Waals surface area contributed by atoms with Crippen LogP contribution >= 0.6 is 0 Å². The Labute approximate surface area is 154 Å². The predicted molar refractivity (Wildman–Crippen MR) is 104 cm³/mol. The quantitative estimate of drug-likeness (QED) is 0.837. The van der Waals surface area contributed by atoms with Crippen molar-refractivity contribution >= 4 is 22.7 Å². The molecule has 1 aliphatic heterocycles. The molecule has 6 heteroatoms. The number of nitrogens with one attached hydrogen (secondary N) is 1. The third-order valence-electron chi connectivity index (χ3n) is 5.23. The summed E-state index contributed by atoms with van der Waals surface area (Å²) >= 11 is 0. The van der Waals surface area contributed by atoms with Gasteiger partial charge in [-0.3, -0.25) is 9.69 Å². The van der Waals surface area contributed by atoms with Gasteiger partial charge in [0.15, 0.2) is 5.78 Å². The van der Waals surface area contributed by atoms with Crippen LogP contribution in [0.15, 0.2) is 24.3 Å². The summed E-state index contributed by atoms with van der Waals surface area (Å²) in [5.74, 6) is 0.156. The number of piperazine rings is 1. The number of aromatic nitrogens is 1. The fourth-order valence-electron chi connectivity index (χ4n) is 3.61. The molecule has 2 heterocycles. The highest BCUT2D eigenvalue weighted by atomic mass is 16.2. The second-order valence-electron chi connectivity index (χ2n) is 6.95. The summed E-state index contributed by atoms with van der Waals surface area (Å²) in [7, 11) is 2.00. The maximum absolute atomic E-state index is 13.0. The van der Waals surface area contributed by atoms with Crippen LogP contribution < -0.4 is 5.32 Å². The number of Topliss-reactive ketones (excluding diaryl/α,β-unsaturated/α-hetero) is 1. The number of hydrogen-bond acceptors (Lipinski definition) is 3. The molecule has 0 saturated carbocycles. The number of amides is 2. The monoisotopic (exact) mass is 356 g/mol. The van der Waals surface area contributed by atoms with E-state index in [9.17, 15) is 9.59 Å². The molecule has 0 aliphatic carbocycles. The molecule has 0 atom stereocenters. The summed E-state index contributed by atoms with van der Waals surface area (Å²) in [5.41, 5.74) is 2.92. The Morgan fingerprint density at radius 2 is 1.81 bits per heavy atom. The van der Waals surface area contributed by atoms with Crippen molar-refractivity contribution < 1.29 is 9.59 Å². The van der Waals surface area contributed by atoms with Gasteiger partial charge in [0, 0.05) is 61.9 Å². The number of carbonyl (C=O) groups excluding carboxylic acids is 2. The first-order valence-corrected chi connectivity index (χ1v) is 9.35. The first-order valence-electron chi connectivity index (χ1n) is 9.35. The fourth-order valence-corrected chi connectivity index (χ4v) is 3.61. The van der Waals surface area contributed by atoms with Crippen LogP contribution in [0.2, 0.25) is 0 Å². The molecule has 1 aromatic carbocycles. The van der Waals surface area contributed by atoms with Gasteiger partial charge in [-0.2, -0.15) is 0 Å². The smallest absolute Gasteiger partial charge is 0.317 e. The molecule has 1 saturated heterocycles. The first kappa shape index (κ1) is 18.5. The highest BCUT2D eigenvalue weighted by Gasteiger charge is 2.24. The number of ketones is 1. The van der Waals surface area contributed by atoms with Crippen LogP contribution in [-0.2, 0) is 7.05 Å². The first-order chi connectivity index (χ1) is 12.5. The van der Waals surface area contributed by atoms with Crippen LogP contribution in [0.1, 0.15) is 29.4 Å². The lowest BCUT2D eigenvalue weighted by atomic mass is 10.1. The van der Waals surface area contributed by atoms with E-state index in [0.717, 1.165) is 41.7 Å². The van der Waals surface area contributed by atoms with E-state index in [4.69, 9.17) is 0 Å². The van der Waals surface area contributed by atoms with E-state index in [-0.39, 0.29) is 11.8 Å². The second kappa shape index (κ2) is 7.91. The maximum atomic E-state index is 13.0. The largest absolute Gasteiger partial charge is 0.347 e. The molecule has 1 aromatic heterocycles. The van der Waals surface area contributed by atoms with Gasteiger partial charge in [0.2, 0.25) is 0 Å². The third kappa shape index (κ3) is 3.60. The zero-order valence-corrected chi connectivity index (χ0v) is 15.9. The Kier molecular flexibility index (Phi) is 5.61. The number of urea groups is 1. The van der Waals surface area contributed by atoms with Crippen molar-refractivity contribution in [2.24, 2.45) is 7.05 Å². The Hall–Kier alpha value is -2.34. The normalized spacial score (nSPS) is 15.4. The summed E-state index contributed by atoms with van der Waals surface area (Å²) < 4.78 is 2.08. The zero-order valence-electron chi connectivity index (χ0n) is 15.9. The topological polar surface area (TPSA) is 57.6 Å². The molecular formula is C20H28N4O2. The van der Waals surface area contributed by atoms with Crippen LogP contribution in [0.5, 0.6) is 0 Å². The maximum Gasteiger partial charge on any atom is 0.317 e. The van der Waals surface area contributed by atoms with Crippen molar-refractivity contribution in [3.63, 3.8) is 0 Å². The van der Waals surface area contributed by atoms with Gasteiger partial charge in [-0.25, -0.2) is 4.79 Å². The van der Waals surface area contributed by atoms with Crippen LogP contribution in [0, 0.1) is 6.92 Å². The molecule has 140 valence electrons. The van der Waals surface area contributed by atoms with Crippen molar-refractivity contribution in [2.75, 3.05) is 39.3 Å². The van der Waals surface area contributed by atoms with E-state index in [1.807, 2.05) is 50.1 Å². The number of carbonyl (C=O) groups is 2.